The van der Waals surface area contributed by atoms with Gasteiger partial charge in [-0.3, -0.25) is 4.79 Å². The van der Waals surface area contributed by atoms with Crippen LogP contribution in [0.15, 0.2) is 12.7 Å². The Hall–Kier alpha value is -1.16. The first kappa shape index (κ1) is 9.84. The van der Waals surface area contributed by atoms with Gasteiger partial charge in [0.2, 0.25) is 0 Å². The molecular weight excluding hydrogens is 146 g/mol. The molecule has 2 N–H and O–H groups in total. The minimum absolute atomic E-state index is 0.409. The molecule has 11 heavy (non-hydrogen) atoms. The summed E-state index contributed by atoms with van der Waals surface area (Å²) < 4.78 is 0. The number of hydrogen-bond donors (Lipinski definition) is 1. The molecule has 4 heteroatoms. The quantitative estimate of drug-likeness (QED) is 0.360. The minimum atomic E-state index is -1.23. The zero-order chi connectivity index (χ0) is 9.07. The Labute approximate surface area is 65.0 Å². The largest absolute Gasteiger partial charge is 0.373 e. The smallest absolute Gasteiger partial charge is 0.337 e. The molecular formula is C7H11NO3. The second-order valence-corrected chi connectivity index (χ2v) is 2.60. The van der Waals surface area contributed by atoms with Crippen LogP contribution in [-0.4, -0.2) is 11.8 Å². The SMILES string of the molecule is C=CC(=O)C(C)(C)C(=O)ON. The van der Waals surface area contributed by atoms with Crippen molar-refractivity contribution in [1.29, 1.82) is 0 Å². The topological polar surface area (TPSA) is 69.4 Å². The molecule has 0 saturated carbocycles. The molecule has 0 aromatic carbocycles. The summed E-state index contributed by atoms with van der Waals surface area (Å²) in [4.78, 5) is 25.7. The summed E-state index contributed by atoms with van der Waals surface area (Å²) in [6.45, 7) is 6.09. The lowest BCUT2D eigenvalue weighted by atomic mass is 9.88. The third kappa shape index (κ3) is 1.88. The highest BCUT2D eigenvalue weighted by Crippen LogP contribution is 2.17. The second kappa shape index (κ2) is 3.30. The average molecular weight is 157 g/mol. The summed E-state index contributed by atoms with van der Waals surface area (Å²) in [7, 11) is 0. The summed E-state index contributed by atoms with van der Waals surface area (Å²) in [5.74, 6) is 3.44. The molecule has 0 aliphatic carbocycles. The fraction of sp³-hybridized carbons (Fsp3) is 0.429. The van der Waals surface area contributed by atoms with Gasteiger partial charge in [0.1, 0.15) is 5.41 Å². The van der Waals surface area contributed by atoms with Crippen LogP contribution in [0.1, 0.15) is 13.8 Å². The van der Waals surface area contributed by atoms with Gasteiger partial charge in [-0.25, -0.2) is 4.79 Å². The lowest BCUT2D eigenvalue weighted by Gasteiger charge is -2.16. The zero-order valence-corrected chi connectivity index (χ0v) is 6.59. The van der Waals surface area contributed by atoms with Crippen molar-refractivity contribution in [2.45, 2.75) is 13.8 Å². The number of nitrogens with two attached hydrogens (primary N) is 1. The normalized spacial score (nSPS) is 10.5. The van der Waals surface area contributed by atoms with Crippen molar-refractivity contribution >= 4 is 11.8 Å². The van der Waals surface area contributed by atoms with Gasteiger partial charge in [0, 0.05) is 0 Å². The van der Waals surface area contributed by atoms with Crippen LogP contribution in [0.25, 0.3) is 0 Å². The monoisotopic (exact) mass is 157 g/mol. The number of ketones is 1. The van der Waals surface area contributed by atoms with Gasteiger partial charge in [-0.2, -0.15) is 5.90 Å². The zero-order valence-electron chi connectivity index (χ0n) is 6.59. The summed E-state index contributed by atoms with van der Waals surface area (Å²) in [6, 6.07) is 0. The lowest BCUT2D eigenvalue weighted by molar-refractivity contribution is -0.157. The molecule has 0 fully saturated rings. The van der Waals surface area contributed by atoms with Crippen LogP contribution in [0.4, 0.5) is 0 Å². The number of rotatable bonds is 3. The Kier molecular flexibility index (Phi) is 2.95. The van der Waals surface area contributed by atoms with Crippen LogP contribution >= 0.6 is 0 Å². The third-order valence-corrected chi connectivity index (χ3v) is 1.42. The van der Waals surface area contributed by atoms with Crippen LogP contribution in [0, 0.1) is 5.41 Å². The lowest BCUT2D eigenvalue weighted by Crippen LogP contribution is -2.35. The number of carbonyl (C=O) groups is 2. The van der Waals surface area contributed by atoms with Crippen molar-refractivity contribution in [1.82, 2.24) is 0 Å². The molecule has 0 atom stereocenters. The number of carbonyl (C=O) groups excluding carboxylic acids is 2. The Morgan fingerprint density at radius 2 is 2.00 bits per heavy atom. The molecule has 0 bridgehead atoms. The van der Waals surface area contributed by atoms with E-state index in [4.69, 9.17) is 0 Å². The second-order valence-electron chi connectivity index (χ2n) is 2.60. The first-order valence-corrected chi connectivity index (χ1v) is 3.04. The van der Waals surface area contributed by atoms with Crippen molar-refractivity contribution in [2.75, 3.05) is 0 Å². The van der Waals surface area contributed by atoms with Gasteiger partial charge in [0.15, 0.2) is 5.78 Å². The summed E-state index contributed by atoms with van der Waals surface area (Å²) in [5.41, 5.74) is -1.23. The van der Waals surface area contributed by atoms with E-state index < -0.39 is 17.2 Å². The predicted octanol–water partition coefficient (Wildman–Crippen LogP) is 0.185. The molecule has 0 radical (unpaired) electrons. The first-order chi connectivity index (χ1) is 4.96. The third-order valence-electron chi connectivity index (χ3n) is 1.42. The Morgan fingerprint density at radius 1 is 1.55 bits per heavy atom. The van der Waals surface area contributed by atoms with E-state index in [0.29, 0.717) is 0 Å². The van der Waals surface area contributed by atoms with Crippen LogP contribution < -0.4 is 5.90 Å². The van der Waals surface area contributed by atoms with Gasteiger partial charge in [0.05, 0.1) is 0 Å². The predicted molar refractivity (Wildman–Crippen MR) is 39.3 cm³/mol. The molecule has 0 unspecified atom stereocenters. The van der Waals surface area contributed by atoms with E-state index in [-0.39, 0.29) is 0 Å². The highest BCUT2D eigenvalue weighted by Gasteiger charge is 2.35. The summed E-state index contributed by atoms with van der Waals surface area (Å²) in [5, 5.41) is 0. The van der Waals surface area contributed by atoms with Crippen molar-refractivity contribution in [2.24, 2.45) is 11.3 Å². The first-order valence-electron chi connectivity index (χ1n) is 3.04. The van der Waals surface area contributed by atoms with E-state index >= 15 is 0 Å². The maximum atomic E-state index is 11.0. The maximum Gasteiger partial charge on any atom is 0.337 e. The fourth-order valence-corrected chi connectivity index (χ4v) is 0.503. The molecule has 4 nitrogen and oxygen atoms in total. The van der Waals surface area contributed by atoms with E-state index in [9.17, 15) is 9.59 Å². The number of hydrogen-bond acceptors (Lipinski definition) is 4. The van der Waals surface area contributed by atoms with Gasteiger partial charge in [-0.15, -0.1) is 0 Å². The highest BCUT2D eigenvalue weighted by molar-refractivity contribution is 6.08. The molecule has 0 heterocycles. The van der Waals surface area contributed by atoms with Crippen molar-refractivity contribution in [3.8, 4) is 0 Å². The van der Waals surface area contributed by atoms with Crippen molar-refractivity contribution in [3.05, 3.63) is 12.7 Å². The average Bonchev–Trinajstić information content (AvgIpc) is 2.01. The van der Waals surface area contributed by atoms with Gasteiger partial charge in [-0.1, -0.05) is 6.58 Å². The summed E-state index contributed by atoms with van der Waals surface area (Å²) in [6.07, 6.45) is 1.07. The van der Waals surface area contributed by atoms with Gasteiger partial charge >= 0.3 is 5.97 Å². The number of allylic oxidation sites excluding steroid dienone is 1. The highest BCUT2D eigenvalue weighted by atomic mass is 16.7. The molecule has 0 amide bonds. The Bertz CT molecular complexity index is 196. The maximum absolute atomic E-state index is 11.0. The molecule has 62 valence electrons. The molecule has 0 saturated heterocycles. The fourth-order valence-electron chi connectivity index (χ4n) is 0.503. The van der Waals surface area contributed by atoms with E-state index in [1.54, 1.807) is 0 Å². The van der Waals surface area contributed by atoms with E-state index in [2.05, 4.69) is 17.3 Å². The molecule has 0 aromatic rings. The van der Waals surface area contributed by atoms with Crippen LogP contribution in [0.5, 0.6) is 0 Å². The van der Waals surface area contributed by atoms with E-state index in [1.165, 1.54) is 13.8 Å². The van der Waals surface area contributed by atoms with Crippen molar-refractivity contribution in [3.63, 3.8) is 0 Å². The molecule has 0 aliphatic heterocycles. The van der Waals surface area contributed by atoms with E-state index in [1.807, 2.05) is 0 Å². The van der Waals surface area contributed by atoms with Gasteiger partial charge in [0.25, 0.3) is 0 Å². The summed E-state index contributed by atoms with van der Waals surface area (Å²) >= 11 is 0. The standard InChI is InChI=1S/C7H11NO3/c1-4-5(9)7(2,3)6(10)11-8/h4H,1,8H2,2-3H3. The Morgan fingerprint density at radius 3 is 2.27 bits per heavy atom. The minimum Gasteiger partial charge on any atom is -0.373 e. The van der Waals surface area contributed by atoms with Gasteiger partial charge in [-0.05, 0) is 19.9 Å². The van der Waals surface area contributed by atoms with Crippen LogP contribution in [0.3, 0.4) is 0 Å². The van der Waals surface area contributed by atoms with Crippen molar-refractivity contribution < 1.29 is 14.4 Å². The van der Waals surface area contributed by atoms with Crippen LogP contribution in [0.2, 0.25) is 0 Å². The molecule has 0 rings (SSSR count). The molecule has 0 aliphatic rings. The Balaban J connectivity index is 4.57. The van der Waals surface area contributed by atoms with Gasteiger partial charge < -0.3 is 4.84 Å². The van der Waals surface area contributed by atoms with Crippen LogP contribution in [-0.2, 0) is 14.4 Å². The molecule has 0 aromatic heterocycles. The van der Waals surface area contributed by atoms with E-state index in [0.717, 1.165) is 6.08 Å². The molecule has 0 spiro atoms.